The van der Waals surface area contributed by atoms with Gasteiger partial charge in [-0.25, -0.2) is 9.97 Å². The van der Waals surface area contributed by atoms with Crippen LogP contribution in [0.25, 0.3) is 11.3 Å². The maximum absolute atomic E-state index is 9.72. The lowest BCUT2D eigenvalue weighted by molar-refractivity contribution is -0.0511. The molecule has 1 saturated heterocycles. The minimum absolute atomic E-state index is 0.0647. The van der Waals surface area contributed by atoms with Gasteiger partial charge in [0.1, 0.15) is 11.6 Å². The zero-order valence-corrected chi connectivity index (χ0v) is 22.0. The molecule has 0 amide bonds. The summed E-state index contributed by atoms with van der Waals surface area (Å²) in [7, 11) is 0. The first-order valence-electron chi connectivity index (χ1n) is 13.1. The Balaban J connectivity index is 1.36. The highest BCUT2D eigenvalue weighted by atomic mass is 35.5. The first kappa shape index (κ1) is 27.6. The van der Waals surface area contributed by atoms with Crippen molar-refractivity contribution in [2.45, 2.75) is 76.3 Å². The van der Waals surface area contributed by atoms with E-state index < -0.39 is 11.7 Å². The van der Waals surface area contributed by atoms with Crippen molar-refractivity contribution in [2.24, 2.45) is 5.41 Å². The molecule has 1 aliphatic carbocycles. The fourth-order valence-corrected chi connectivity index (χ4v) is 5.35. The van der Waals surface area contributed by atoms with Crippen LogP contribution in [0, 0.1) is 16.7 Å². The Labute approximate surface area is 223 Å². The molecule has 2 fully saturated rings. The van der Waals surface area contributed by atoms with Gasteiger partial charge < -0.3 is 30.9 Å². The summed E-state index contributed by atoms with van der Waals surface area (Å²) < 4.78 is 5.43. The van der Waals surface area contributed by atoms with Crippen molar-refractivity contribution in [3.05, 3.63) is 35.5 Å². The van der Waals surface area contributed by atoms with Crippen LogP contribution in [0.1, 0.15) is 51.9 Å². The molecule has 1 aliphatic heterocycles. The molecule has 2 aromatic rings. The largest absolute Gasteiger partial charge is 0.381 e. The Morgan fingerprint density at radius 2 is 1.89 bits per heavy atom. The number of pyridine rings is 2. The standard InChI is InChI=1S/C27H37ClN6O3/c1-18(13-26(35)36)32-19-5-7-20(8-6-19)33-25-14-21(22(28)15-30-25)23-3-2-4-24(34-23)31-17-27(16-29)9-11-37-12-10-27/h2-4,14-15,18-20,26,32,35-36H,5-13,17H2,1H3,(H,30,33)(H,31,34)/t18-,19-,20-/m0/s1. The summed E-state index contributed by atoms with van der Waals surface area (Å²) >= 11 is 6.52. The van der Waals surface area contributed by atoms with Gasteiger partial charge in [0.2, 0.25) is 0 Å². The summed E-state index contributed by atoms with van der Waals surface area (Å²) in [6.07, 6.45) is 6.14. The van der Waals surface area contributed by atoms with E-state index in [1.165, 1.54) is 0 Å². The van der Waals surface area contributed by atoms with Crippen molar-refractivity contribution in [3.8, 4) is 17.3 Å². The summed E-state index contributed by atoms with van der Waals surface area (Å²) in [6, 6.07) is 10.9. The van der Waals surface area contributed by atoms with Crippen molar-refractivity contribution in [1.29, 1.82) is 5.26 Å². The third-order valence-corrected chi connectivity index (χ3v) is 7.64. The Bertz CT molecular complexity index is 1060. The predicted octanol–water partition coefficient (Wildman–Crippen LogP) is 3.93. The van der Waals surface area contributed by atoms with Crippen LogP contribution in [-0.4, -0.2) is 64.4 Å². The van der Waals surface area contributed by atoms with E-state index in [0.717, 1.165) is 42.8 Å². The fourth-order valence-electron chi connectivity index (χ4n) is 5.15. The predicted molar refractivity (Wildman–Crippen MR) is 144 cm³/mol. The number of rotatable bonds is 10. The molecule has 1 atom stereocenters. The molecule has 0 spiro atoms. The van der Waals surface area contributed by atoms with Crippen LogP contribution < -0.4 is 16.0 Å². The second-order valence-corrected chi connectivity index (χ2v) is 10.7. The van der Waals surface area contributed by atoms with Crippen LogP contribution in [0.3, 0.4) is 0 Å². The van der Waals surface area contributed by atoms with E-state index in [4.69, 9.17) is 31.5 Å². The van der Waals surface area contributed by atoms with Gasteiger partial charge in [0, 0.05) is 56.1 Å². The SMILES string of the molecule is C[C@@H](CC(O)O)N[C@H]1CC[C@H](Nc2cc(-c3cccc(NCC4(C#N)CCOCC4)n3)c(Cl)cn2)CC1. The molecule has 0 radical (unpaired) electrons. The Morgan fingerprint density at radius 3 is 2.59 bits per heavy atom. The van der Waals surface area contributed by atoms with E-state index >= 15 is 0 Å². The van der Waals surface area contributed by atoms with Gasteiger partial charge in [0.05, 0.1) is 22.2 Å². The summed E-state index contributed by atoms with van der Waals surface area (Å²) in [4.78, 5) is 9.26. The Morgan fingerprint density at radius 1 is 1.16 bits per heavy atom. The van der Waals surface area contributed by atoms with Crippen LogP contribution >= 0.6 is 11.6 Å². The number of nitriles is 1. The zero-order chi connectivity index (χ0) is 26.3. The number of aromatic nitrogens is 2. The van der Waals surface area contributed by atoms with Gasteiger partial charge in [-0.3, -0.25) is 0 Å². The molecule has 2 aliphatic rings. The number of hydrogen-bond donors (Lipinski definition) is 5. The molecule has 4 rings (SSSR count). The summed E-state index contributed by atoms with van der Waals surface area (Å²) in [5, 5.41) is 39.0. The lowest BCUT2D eigenvalue weighted by atomic mass is 9.82. The van der Waals surface area contributed by atoms with Crippen LogP contribution in [0.2, 0.25) is 5.02 Å². The number of hydrogen-bond acceptors (Lipinski definition) is 9. The molecule has 3 heterocycles. The molecular formula is C27H37ClN6O3. The molecule has 2 aromatic heterocycles. The molecule has 37 heavy (non-hydrogen) atoms. The lowest BCUT2D eigenvalue weighted by Gasteiger charge is -2.32. The Kier molecular flexibility index (Phi) is 9.57. The van der Waals surface area contributed by atoms with Gasteiger partial charge in [-0.2, -0.15) is 5.26 Å². The number of aliphatic hydroxyl groups excluding tert-OH is 1. The Hall–Kier alpha value is -2.48. The third-order valence-electron chi connectivity index (χ3n) is 7.34. The van der Waals surface area contributed by atoms with Crippen molar-refractivity contribution in [1.82, 2.24) is 15.3 Å². The second-order valence-electron chi connectivity index (χ2n) is 10.3. The van der Waals surface area contributed by atoms with E-state index in [2.05, 4.69) is 27.0 Å². The van der Waals surface area contributed by atoms with Gasteiger partial charge in [-0.1, -0.05) is 17.7 Å². The van der Waals surface area contributed by atoms with E-state index in [9.17, 15) is 5.26 Å². The highest BCUT2D eigenvalue weighted by Crippen LogP contribution is 2.32. The maximum atomic E-state index is 9.72. The quantitative estimate of drug-likeness (QED) is 0.290. The highest BCUT2D eigenvalue weighted by molar-refractivity contribution is 6.33. The van der Waals surface area contributed by atoms with Crippen LogP contribution in [0.5, 0.6) is 0 Å². The fraction of sp³-hybridized carbons (Fsp3) is 0.593. The van der Waals surface area contributed by atoms with E-state index in [1.54, 1.807) is 6.20 Å². The van der Waals surface area contributed by atoms with Gasteiger partial charge in [0.15, 0.2) is 6.29 Å². The van der Waals surface area contributed by atoms with Crippen LogP contribution in [0.15, 0.2) is 30.5 Å². The normalized spacial score (nSPS) is 22.3. The van der Waals surface area contributed by atoms with Gasteiger partial charge in [0.25, 0.3) is 0 Å². The summed E-state index contributed by atoms with van der Waals surface area (Å²) in [5.74, 6) is 1.47. The molecule has 0 bridgehead atoms. The zero-order valence-electron chi connectivity index (χ0n) is 21.3. The number of anilines is 2. The molecule has 10 heteroatoms. The van der Waals surface area contributed by atoms with Crippen molar-refractivity contribution in [3.63, 3.8) is 0 Å². The minimum Gasteiger partial charge on any atom is -0.381 e. The van der Waals surface area contributed by atoms with Gasteiger partial charge in [-0.05, 0) is 63.6 Å². The molecule has 200 valence electrons. The molecular weight excluding hydrogens is 492 g/mol. The van der Waals surface area contributed by atoms with E-state index in [-0.39, 0.29) is 6.04 Å². The van der Waals surface area contributed by atoms with Crippen LogP contribution in [-0.2, 0) is 4.74 Å². The topological polar surface area (TPSA) is 135 Å². The lowest BCUT2D eigenvalue weighted by Crippen LogP contribution is -2.42. The average molecular weight is 529 g/mol. The third kappa shape index (κ3) is 7.76. The first-order chi connectivity index (χ1) is 17.9. The monoisotopic (exact) mass is 528 g/mol. The van der Waals surface area contributed by atoms with E-state index in [1.807, 2.05) is 31.2 Å². The highest BCUT2D eigenvalue weighted by Gasteiger charge is 2.32. The van der Waals surface area contributed by atoms with Crippen molar-refractivity contribution in [2.75, 3.05) is 30.4 Å². The van der Waals surface area contributed by atoms with Crippen molar-refractivity contribution >= 4 is 23.2 Å². The molecule has 0 unspecified atom stereocenters. The summed E-state index contributed by atoms with van der Waals surface area (Å²) in [5.41, 5.74) is 1.11. The summed E-state index contributed by atoms with van der Waals surface area (Å²) in [6.45, 7) is 3.72. The average Bonchev–Trinajstić information content (AvgIpc) is 2.90. The smallest absolute Gasteiger partial charge is 0.152 e. The number of ether oxygens (including phenoxy) is 1. The van der Waals surface area contributed by atoms with Crippen LogP contribution in [0.4, 0.5) is 11.6 Å². The van der Waals surface area contributed by atoms with E-state index in [0.29, 0.717) is 61.9 Å². The second kappa shape index (κ2) is 12.9. The molecule has 0 aromatic carbocycles. The molecule has 9 nitrogen and oxygen atoms in total. The number of halogens is 1. The van der Waals surface area contributed by atoms with Crippen molar-refractivity contribution < 1.29 is 14.9 Å². The minimum atomic E-state index is -1.28. The number of nitrogens with one attached hydrogen (secondary N) is 3. The van der Waals surface area contributed by atoms with Gasteiger partial charge >= 0.3 is 0 Å². The molecule has 1 saturated carbocycles. The van der Waals surface area contributed by atoms with Gasteiger partial charge in [-0.15, -0.1) is 0 Å². The first-order valence-corrected chi connectivity index (χ1v) is 13.5. The maximum Gasteiger partial charge on any atom is 0.152 e. The number of aliphatic hydroxyl groups is 2. The number of nitrogens with zero attached hydrogens (tertiary/aromatic N) is 3. The molecule has 5 N–H and O–H groups in total.